The number of aryl methyl sites for hydroxylation is 1. The summed E-state index contributed by atoms with van der Waals surface area (Å²) < 4.78 is 5.44. The van der Waals surface area contributed by atoms with E-state index in [2.05, 4.69) is 34.9 Å². The third-order valence-electron chi connectivity index (χ3n) is 2.28. The Balaban J connectivity index is 2.29. The maximum Gasteiger partial charge on any atom is 0.181 e. The molecule has 3 nitrogen and oxygen atoms in total. The summed E-state index contributed by atoms with van der Waals surface area (Å²) in [6.45, 7) is 5.87. The van der Waals surface area contributed by atoms with Gasteiger partial charge in [0.05, 0.1) is 0 Å². The molecule has 0 spiro atoms. The first kappa shape index (κ1) is 10.4. The standard InChI is InChI=1S/C11H14N2OS/c1-3-12-4-10-11(14-7-13-10)9-6-15-5-8(9)2/h5-7,12H,3-4H2,1-2H3. The SMILES string of the molecule is CCNCc1ncoc1-c1cscc1C. The number of nitrogens with one attached hydrogen (secondary N) is 1. The molecule has 0 fully saturated rings. The second-order valence-corrected chi connectivity index (χ2v) is 4.12. The van der Waals surface area contributed by atoms with E-state index < -0.39 is 0 Å². The molecule has 2 heterocycles. The Morgan fingerprint density at radius 3 is 3.00 bits per heavy atom. The summed E-state index contributed by atoms with van der Waals surface area (Å²) in [5, 5.41) is 7.48. The Hall–Kier alpha value is -1.13. The van der Waals surface area contributed by atoms with Crippen LogP contribution in [0.4, 0.5) is 0 Å². The van der Waals surface area contributed by atoms with Gasteiger partial charge in [-0.15, -0.1) is 0 Å². The Bertz CT molecular complexity index is 433. The molecule has 2 aromatic heterocycles. The molecule has 0 aromatic carbocycles. The highest BCUT2D eigenvalue weighted by atomic mass is 32.1. The van der Waals surface area contributed by atoms with Crippen LogP contribution >= 0.6 is 11.3 Å². The minimum atomic E-state index is 0.762. The molecule has 0 atom stereocenters. The summed E-state index contributed by atoms with van der Waals surface area (Å²) in [4.78, 5) is 4.23. The largest absolute Gasteiger partial charge is 0.443 e. The summed E-state index contributed by atoms with van der Waals surface area (Å²) in [5.74, 6) is 0.898. The van der Waals surface area contributed by atoms with Crippen molar-refractivity contribution < 1.29 is 4.42 Å². The second-order valence-electron chi connectivity index (χ2n) is 3.38. The average Bonchev–Trinajstić information content (AvgIpc) is 2.82. The maximum atomic E-state index is 5.44. The van der Waals surface area contributed by atoms with Gasteiger partial charge < -0.3 is 9.73 Å². The predicted octanol–water partition coefficient (Wildman–Crippen LogP) is 2.82. The van der Waals surface area contributed by atoms with Crippen LogP contribution in [-0.4, -0.2) is 11.5 Å². The van der Waals surface area contributed by atoms with Gasteiger partial charge in [0.1, 0.15) is 5.69 Å². The molecule has 2 aromatic rings. The van der Waals surface area contributed by atoms with Gasteiger partial charge in [-0.05, 0) is 24.4 Å². The van der Waals surface area contributed by atoms with Crippen LogP contribution in [0.25, 0.3) is 11.3 Å². The highest BCUT2D eigenvalue weighted by Gasteiger charge is 2.12. The van der Waals surface area contributed by atoms with E-state index in [1.165, 1.54) is 12.0 Å². The molecule has 0 aliphatic heterocycles. The van der Waals surface area contributed by atoms with Crippen molar-refractivity contribution in [1.29, 1.82) is 0 Å². The molecule has 0 amide bonds. The average molecular weight is 222 g/mol. The van der Waals surface area contributed by atoms with Gasteiger partial charge in [-0.2, -0.15) is 11.3 Å². The first-order chi connectivity index (χ1) is 7.33. The topological polar surface area (TPSA) is 38.1 Å². The van der Waals surface area contributed by atoms with Crippen molar-refractivity contribution >= 4 is 11.3 Å². The lowest BCUT2D eigenvalue weighted by Crippen LogP contribution is -2.12. The first-order valence-corrected chi connectivity index (χ1v) is 5.93. The molecule has 15 heavy (non-hydrogen) atoms. The van der Waals surface area contributed by atoms with Gasteiger partial charge >= 0.3 is 0 Å². The minimum Gasteiger partial charge on any atom is -0.443 e. The molecule has 0 unspecified atom stereocenters. The number of hydrogen-bond acceptors (Lipinski definition) is 4. The van der Waals surface area contributed by atoms with Crippen molar-refractivity contribution in [2.75, 3.05) is 6.54 Å². The predicted molar refractivity (Wildman–Crippen MR) is 61.9 cm³/mol. The molecule has 0 bridgehead atoms. The van der Waals surface area contributed by atoms with Crippen LogP contribution < -0.4 is 5.32 Å². The lowest BCUT2D eigenvalue weighted by molar-refractivity contribution is 0.569. The molecular weight excluding hydrogens is 208 g/mol. The Morgan fingerprint density at radius 2 is 2.33 bits per heavy atom. The lowest BCUT2D eigenvalue weighted by Gasteiger charge is -2.00. The monoisotopic (exact) mass is 222 g/mol. The van der Waals surface area contributed by atoms with Crippen LogP contribution in [0.5, 0.6) is 0 Å². The summed E-state index contributed by atoms with van der Waals surface area (Å²) in [6.07, 6.45) is 1.51. The highest BCUT2D eigenvalue weighted by Crippen LogP contribution is 2.29. The summed E-state index contributed by atoms with van der Waals surface area (Å²) >= 11 is 1.69. The van der Waals surface area contributed by atoms with Crippen molar-refractivity contribution in [1.82, 2.24) is 10.3 Å². The molecule has 1 N–H and O–H groups in total. The molecule has 0 aliphatic rings. The number of thiophene rings is 1. The van der Waals surface area contributed by atoms with Crippen LogP contribution in [0, 0.1) is 6.92 Å². The summed E-state index contributed by atoms with van der Waals surface area (Å²) in [7, 11) is 0. The first-order valence-electron chi connectivity index (χ1n) is 4.99. The van der Waals surface area contributed by atoms with Gasteiger partial charge in [0.2, 0.25) is 0 Å². The van der Waals surface area contributed by atoms with Crippen LogP contribution in [0.3, 0.4) is 0 Å². The Kier molecular flexibility index (Phi) is 3.18. The van der Waals surface area contributed by atoms with Crippen molar-refractivity contribution in [3.63, 3.8) is 0 Å². The molecule has 0 aliphatic carbocycles. The van der Waals surface area contributed by atoms with E-state index in [1.807, 2.05) is 0 Å². The number of hydrogen-bond donors (Lipinski definition) is 1. The Labute approximate surface area is 93.2 Å². The summed E-state index contributed by atoms with van der Waals surface area (Å²) in [5.41, 5.74) is 3.39. The normalized spacial score (nSPS) is 10.8. The fourth-order valence-electron chi connectivity index (χ4n) is 1.45. The molecular formula is C11H14N2OS. The third kappa shape index (κ3) is 2.11. The van der Waals surface area contributed by atoms with E-state index in [4.69, 9.17) is 4.42 Å². The van der Waals surface area contributed by atoms with Gasteiger partial charge in [0.15, 0.2) is 12.2 Å². The number of oxazole rings is 1. The van der Waals surface area contributed by atoms with Gasteiger partial charge in [-0.3, -0.25) is 0 Å². The molecule has 0 saturated carbocycles. The van der Waals surface area contributed by atoms with E-state index >= 15 is 0 Å². The van der Waals surface area contributed by atoms with Gasteiger partial charge in [-0.25, -0.2) is 4.98 Å². The fraction of sp³-hybridized carbons (Fsp3) is 0.364. The molecule has 0 saturated heterocycles. The minimum absolute atomic E-state index is 0.762. The zero-order valence-corrected chi connectivity index (χ0v) is 9.73. The second kappa shape index (κ2) is 4.59. The van der Waals surface area contributed by atoms with Gasteiger partial charge in [0, 0.05) is 17.5 Å². The van der Waals surface area contributed by atoms with E-state index in [0.29, 0.717) is 0 Å². The summed E-state index contributed by atoms with van der Waals surface area (Å²) in [6, 6.07) is 0. The van der Waals surface area contributed by atoms with Crippen LogP contribution in [0.15, 0.2) is 21.6 Å². The molecule has 80 valence electrons. The lowest BCUT2D eigenvalue weighted by atomic mass is 10.1. The number of aromatic nitrogens is 1. The van der Waals surface area contributed by atoms with Crippen LogP contribution in [-0.2, 0) is 6.54 Å². The van der Waals surface area contributed by atoms with Crippen molar-refractivity contribution in [2.24, 2.45) is 0 Å². The highest BCUT2D eigenvalue weighted by molar-refractivity contribution is 7.08. The quantitative estimate of drug-likeness (QED) is 0.864. The van der Waals surface area contributed by atoms with Gasteiger partial charge in [-0.1, -0.05) is 6.92 Å². The van der Waals surface area contributed by atoms with E-state index in [9.17, 15) is 0 Å². The van der Waals surface area contributed by atoms with Crippen LogP contribution in [0.1, 0.15) is 18.2 Å². The Morgan fingerprint density at radius 1 is 1.47 bits per heavy atom. The van der Waals surface area contributed by atoms with Crippen molar-refractivity contribution in [2.45, 2.75) is 20.4 Å². The van der Waals surface area contributed by atoms with Crippen LogP contribution in [0.2, 0.25) is 0 Å². The third-order valence-corrected chi connectivity index (χ3v) is 3.15. The number of nitrogens with zero attached hydrogens (tertiary/aromatic N) is 1. The molecule has 2 rings (SSSR count). The molecule has 0 radical (unpaired) electrons. The maximum absolute atomic E-state index is 5.44. The number of rotatable bonds is 4. The smallest absolute Gasteiger partial charge is 0.181 e. The zero-order valence-electron chi connectivity index (χ0n) is 8.91. The van der Waals surface area contributed by atoms with E-state index in [-0.39, 0.29) is 0 Å². The van der Waals surface area contributed by atoms with E-state index in [0.717, 1.165) is 30.1 Å². The van der Waals surface area contributed by atoms with Crippen molar-refractivity contribution in [3.05, 3.63) is 28.4 Å². The molecule has 4 heteroatoms. The fourth-order valence-corrected chi connectivity index (χ4v) is 2.28. The van der Waals surface area contributed by atoms with Crippen molar-refractivity contribution in [3.8, 4) is 11.3 Å². The van der Waals surface area contributed by atoms with Gasteiger partial charge in [0.25, 0.3) is 0 Å². The van der Waals surface area contributed by atoms with E-state index in [1.54, 1.807) is 11.3 Å². The zero-order chi connectivity index (χ0) is 10.7.